The number of nitrogens with one attached hydrogen (secondary N) is 1. The summed E-state index contributed by atoms with van der Waals surface area (Å²) in [5.74, 6) is -1.37. The van der Waals surface area contributed by atoms with Gasteiger partial charge in [-0.25, -0.2) is 9.59 Å². The number of nitrogens with zero attached hydrogens (tertiary/aromatic N) is 2. The summed E-state index contributed by atoms with van der Waals surface area (Å²) in [6.45, 7) is 0. The van der Waals surface area contributed by atoms with Crippen molar-refractivity contribution in [1.82, 2.24) is 4.98 Å². The Balaban J connectivity index is 2.32. The Hall–Kier alpha value is -3.79. The minimum atomic E-state index is -0.701. The van der Waals surface area contributed by atoms with E-state index >= 15 is 0 Å². The van der Waals surface area contributed by atoms with E-state index in [0.29, 0.717) is 11.3 Å². The fraction of sp³-hybridized carbons (Fsp3) is 0.105. The van der Waals surface area contributed by atoms with Crippen molar-refractivity contribution in [2.45, 2.75) is 0 Å². The molecule has 0 spiro atoms. The number of rotatable bonds is 3. The van der Waals surface area contributed by atoms with Crippen LogP contribution >= 0.6 is 0 Å². The summed E-state index contributed by atoms with van der Waals surface area (Å²) in [4.78, 5) is 29.3. The van der Waals surface area contributed by atoms with E-state index in [1.54, 1.807) is 36.7 Å². The second-order valence-corrected chi connectivity index (χ2v) is 5.36. The van der Waals surface area contributed by atoms with Crippen LogP contribution in [0.2, 0.25) is 0 Å². The summed E-state index contributed by atoms with van der Waals surface area (Å²) >= 11 is 0. The van der Waals surface area contributed by atoms with E-state index in [1.807, 2.05) is 6.07 Å². The molecule has 0 saturated carbocycles. The number of fused-ring (bicyclic) bond motifs is 1. The van der Waals surface area contributed by atoms with Gasteiger partial charge in [-0.1, -0.05) is 6.08 Å². The van der Waals surface area contributed by atoms with Crippen molar-refractivity contribution in [3.63, 3.8) is 0 Å². The van der Waals surface area contributed by atoms with Gasteiger partial charge in [-0.2, -0.15) is 5.26 Å². The Morgan fingerprint density at radius 3 is 2.62 bits per heavy atom. The van der Waals surface area contributed by atoms with Crippen molar-refractivity contribution >= 4 is 28.5 Å². The maximum absolute atomic E-state index is 12.5. The molecule has 0 unspecified atom stereocenters. The van der Waals surface area contributed by atoms with Gasteiger partial charge >= 0.3 is 11.9 Å². The second-order valence-electron chi connectivity index (χ2n) is 5.36. The van der Waals surface area contributed by atoms with Crippen molar-refractivity contribution in [2.24, 2.45) is 0 Å². The van der Waals surface area contributed by atoms with Gasteiger partial charge in [-0.15, -0.1) is 0 Å². The summed E-state index contributed by atoms with van der Waals surface area (Å²) in [6, 6.07) is 7.27. The van der Waals surface area contributed by atoms with Crippen LogP contribution in [0, 0.1) is 11.3 Å². The molecule has 0 bridgehead atoms. The van der Waals surface area contributed by atoms with Gasteiger partial charge in [0.15, 0.2) is 0 Å². The van der Waals surface area contributed by atoms with Gasteiger partial charge in [0, 0.05) is 23.3 Å². The molecule has 0 radical (unpaired) electrons. The van der Waals surface area contributed by atoms with E-state index in [2.05, 4.69) is 11.1 Å². The highest BCUT2D eigenvalue weighted by Gasteiger charge is 2.28. The smallest absolute Gasteiger partial charge is 0.355 e. The van der Waals surface area contributed by atoms with Crippen molar-refractivity contribution in [2.75, 3.05) is 19.1 Å². The zero-order chi connectivity index (χ0) is 18.7. The quantitative estimate of drug-likeness (QED) is 0.856. The molecule has 0 atom stereocenters. The lowest BCUT2D eigenvalue weighted by molar-refractivity contribution is -0.139. The van der Waals surface area contributed by atoms with Gasteiger partial charge in [0.1, 0.15) is 5.70 Å². The lowest BCUT2D eigenvalue weighted by Crippen LogP contribution is -2.27. The summed E-state index contributed by atoms with van der Waals surface area (Å²) in [7, 11) is 2.47. The average molecular weight is 349 g/mol. The zero-order valence-corrected chi connectivity index (χ0v) is 14.1. The molecule has 0 fully saturated rings. The van der Waals surface area contributed by atoms with Crippen LogP contribution in [-0.2, 0) is 19.1 Å². The van der Waals surface area contributed by atoms with Crippen LogP contribution in [0.4, 0.5) is 5.69 Å². The normalized spacial score (nSPS) is 13.5. The number of carbonyl (C=O) groups is 2. The number of carbonyl (C=O) groups excluding carboxylic acids is 2. The highest BCUT2D eigenvalue weighted by Crippen LogP contribution is 2.33. The van der Waals surface area contributed by atoms with Gasteiger partial charge in [-0.05, 0) is 30.4 Å². The Morgan fingerprint density at radius 2 is 1.92 bits per heavy atom. The number of hydrogen-bond donors (Lipinski definition) is 1. The van der Waals surface area contributed by atoms with Crippen LogP contribution in [-0.4, -0.2) is 31.1 Å². The maximum atomic E-state index is 12.5. The Bertz CT molecular complexity index is 1020. The summed E-state index contributed by atoms with van der Waals surface area (Å²) in [6.07, 6.45) is 8.14. The lowest BCUT2D eigenvalue weighted by Gasteiger charge is -2.24. The number of aromatic nitrogens is 1. The minimum Gasteiger partial charge on any atom is -0.465 e. The summed E-state index contributed by atoms with van der Waals surface area (Å²) in [5.41, 5.74) is 1.75. The molecule has 1 aromatic heterocycles. The third-order valence-electron chi connectivity index (χ3n) is 3.92. The molecule has 0 saturated heterocycles. The second kappa shape index (κ2) is 6.99. The molecule has 0 amide bonds. The number of methoxy groups -OCH3 is 2. The third-order valence-corrected chi connectivity index (χ3v) is 3.92. The van der Waals surface area contributed by atoms with Crippen molar-refractivity contribution < 1.29 is 19.1 Å². The summed E-state index contributed by atoms with van der Waals surface area (Å²) < 4.78 is 9.69. The van der Waals surface area contributed by atoms with E-state index in [4.69, 9.17) is 9.47 Å². The molecule has 3 rings (SSSR count). The van der Waals surface area contributed by atoms with E-state index in [1.165, 1.54) is 25.2 Å². The molecular formula is C19H15N3O4. The first-order valence-electron chi connectivity index (χ1n) is 7.67. The molecule has 7 heteroatoms. The van der Waals surface area contributed by atoms with Crippen molar-refractivity contribution in [3.05, 3.63) is 65.7 Å². The van der Waals surface area contributed by atoms with E-state index in [-0.39, 0.29) is 11.3 Å². The highest BCUT2D eigenvalue weighted by atomic mass is 16.5. The molecule has 1 N–H and O–H groups in total. The number of esters is 2. The molecule has 130 valence electrons. The highest BCUT2D eigenvalue weighted by molar-refractivity contribution is 6.07. The first kappa shape index (κ1) is 17.0. The van der Waals surface area contributed by atoms with Crippen LogP contribution in [0.15, 0.2) is 60.1 Å². The van der Waals surface area contributed by atoms with Crippen LogP contribution in [0.5, 0.6) is 0 Å². The largest absolute Gasteiger partial charge is 0.465 e. The van der Waals surface area contributed by atoms with Gasteiger partial charge in [-0.3, -0.25) is 0 Å². The number of benzene rings is 1. The number of hydrogen-bond acceptors (Lipinski definition) is 6. The first-order chi connectivity index (χ1) is 12.6. The lowest BCUT2D eigenvalue weighted by atomic mass is 10.1. The van der Waals surface area contributed by atoms with Crippen molar-refractivity contribution in [1.29, 1.82) is 5.26 Å². The van der Waals surface area contributed by atoms with Gasteiger partial charge in [0.2, 0.25) is 0 Å². The fourth-order valence-electron chi connectivity index (χ4n) is 2.76. The standard InChI is InChI=1S/C19H15N3O4/c1-25-18(23)14-5-3-4-8-22(17(14)19(24)26-2)16-10-12(11-20)9-15-13(16)6-7-21-15/h3-10,21H,1-2H3. The Kier molecular flexibility index (Phi) is 4.58. The molecule has 2 heterocycles. The number of allylic oxidation sites excluding steroid dienone is 2. The molecule has 26 heavy (non-hydrogen) atoms. The fourth-order valence-corrected chi connectivity index (χ4v) is 2.76. The van der Waals surface area contributed by atoms with Gasteiger partial charge in [0.25, 0.3) is 0 Å². The van der Waals surface area contributed by atoms with Crippen LogP contribution in [0.1, 0.15) is 5.56 Å². The van der Waals surface area contributed by atoms with Crippen LogP contribution < -0.4 is 4.90 Å². The zero-order valence-electron chi connectivity index (χ0n) is 14.1. The number of anilines is 1. The van der Waals surface area contributed by atoms with Crippen LogP contribution in [0.3, 0.4) is 0 Å². The molecule has 1 aliphatic rings. The topological polar surface area (TPSA) is 95.4 Å². The minimum absolute atomic E-state index is 0.00180. The maximum Gasteiger partial charge on any atom is 0.355 e. The SMILES string of the molecule is COC(=O)C1=C(C(=O)OC)N(c2cc(C#N)cc3[nH]ccc23)C=CC=C1. The van der Waals surface area contributed by atoms with Gasteiger partial charge in [0.05, 0.1) is 37.1 Å². The molecule has 2 aromatic rings. The van der Waals surface area contributed by atoms with Crippen molar-refractivity contribution in [3.8, 4) is 6.07 Å². The predicted molar refractivity (Wildman–Crippen MR) is 94.8 cm³/mol. The van der Waals surface area contributed by atoms with E-state index in [0.717, 1.165) is 10.9 Å². The number of ether oxygens (including phenoxy) is 2. The van der Waals surface area contributed by atoms with Crippen LogP contribution in [0.25, 0.3) is 10.9 Å². The molecule has 0 aliphatic carbocycles. The number of nitriles is 1. The Labute approximate surface area is 149 Å². The molecule has 1 aromatic carbocycles. The summed E-state index contributed by atoms with van der Waals surface area (Å²) in [5, 5.41) is 10.1. The molecule has 1 aliphatic heterocycles. The van der Waals surface area contributed by atoms with Gasteiger partial charge < -0.3 is 19.4 Å². The third kappa shape index (κ3) is 2.84. The average Bonchev–Trinajstić information content (AvgIpc) is 3.04. The van der Waals surface area contributed by atoms with E-state index in [9.17, 15) is 14.9 Å². The molecule has 7 nitrogen and oxygen atoms in total. The number of aromatic amines is 1. The predicted octanol–water partition coefficient (Wildman–Crippen LogP) is 2.53. The Morgan fingerprint density at radius 1 is 1.15 bits per heavy atom. The number of H-pyrrole nitrogens is 1. The first-order valence-corrected chi connectivity index (χ1v) is 7.67. The monoisotopic (exact) mass is 349 g/mol. The molecular weight excluding hydrogens is 334 g/mol. The van der Waals surface area contributed by atoms with E-state index < -0.39 is 11.9 Å².